The number of rotatable bonds is 2. The largest absolute Gasteiger partial charge is 0.397 e. The Kier molecular flexibility index (Phi) is 3.52. The SMILES string of the molecule is CNC(=O)c1ccc(N)c(N2CCc3ccccc3C2)c1. The molecule has 1 amide bonds. The average molecular weight is 281 g/mol. The third-order valence-corrected chi connectivity index (χ3v) is 3.99. The molecule has 0 unspecified atom stereocenters. The van der Waals surface area contributed by atoms with E-state index in [1.54, 1.807) is 19.2 Å². The molecule has 1 heterocycles. The lowest BCUT2D eigenvalue weighted by molar-refractivity contribution is 0.0963. The quantitative estimate of drug-likeness (QED) is 0.830. The van der Waals surface area contributed by atoms with Gasteiger partial charge < -0.3 is 16.0 Å². The number of nitrogens with two attached hydrogens (primary N) is 1. The van der Waals surface area contributed by atoms with Gasteiger partial charge in [-0.2, -0.15) is 0 Å². The third-order valence-electron chi connectivity index (χ3n) is 3.99. The number of fused-ring (bicyclic) bond motifs is 1. The fourth-order valence-electron chi connectivity index (χ4n) is 2.80. The van der Waals surface area contributed by atoms with Gasteiger partial charge in [0.1, 0.15) is 0 Å². The average Bonchev–Trinajstić information content (AvgIpc) is 2.54. The van der Waals surface area contributed by atoms with E-state index in [4.69, 9.17) is 5.73 Å². The van der Waals surface area contributed by atoms with Gasteiger partial charge in [0.15, 0.2) is 0 Å². The predicted molar refractivity (Wildman–Crippen MR) is 85.4 cm³/mol. The monoisotopic (exact) mass is 281 g/mol. The van der Waals surface area contributed by atoms with Gasteiger partial charge in [-0.05, 0) is 35.7 Å². The van der Waals surface area contributed by atoms with Crippen LogP contribution < -0.4 is 16.0 Å². The van der Waals surface area contributed by atoms with E-state index >= 15 is 0 Å². The van der Waals surface area contributed by atoms with E-state index in [0.717, 1.165) is 25.2 Å². The standard InChI is InChI=1S/C17H19N3O/c1-19-17(21)13-6-7-15(18)16(10-13)20-9-8-12-4-2-3-5-14(12)11-20/h2-7,10H,8-9,11,18H2,1H3,(H,19,21). The van der Waals surface area contributed by atoms with Crippen LogP contribution in [0, 0.1) is 0 Å². The van der Waals surface area contributed by atoms with Crippen molar-refractivity contribution >= 4 is 17.3 Å². The second kappa shape index (κ2) is 5.48. The van der Waals surface area contributed by atoms with Crippen molar-refractivity contribution in [3.05, 3.63) is 59.2 Å². The minimum absolute atomic E-state index is 0.0892. The molecule has 0 spiro atoms. The number of carbonyl (C=O) groups is 1. The molecule has 1 aliphatic heterocycles. The van der Waals surface area contributed by atoms with Crippen LogP contribution in [0.2, 0.25) is 0 Å². The summed E-state index contributed by atoms with van der Waals surface area (Å²) in [4.78, 5) is 14.0. The number of benzene rings is 2. The van der Waals surface area contributed by atoms with E-state index in [0.29, 0.717) is 11.3 Å². The van der Waals surface area contributed by atoms with E-state index in [1.165, 1.54) is 11.1 Å². The van der Waals surface area contributed by atoms with Crippen LogP contribution >= 0.6 is 0 Å². The van der Waals surface area contributed by atoms with Crippen molar-refractivity contribution in [1.29, 1.82) is 0 Å². The number of nitrogen functional groups attached to an aromatic ring is 1. The Morgan fingerprint density at radius 1 is 1.19 bits per heavy atom. The van der Waals surface area contributed by atoms with E-state index in [9.17, 15) is 4.79 Å². The lowest BCUT2D eigenvalue weighted by Crippen LogP contribution is -2.31. The molecule has 21 heavy (non-hydrogen) atoms. The fraction of sp³-hybridized carbons (Fsp3) is 0.235. The van der Waals surface area contributed by atoms with Gasteiger partial charge in [0, 0.05) is 25.7 Å². The normalized spacial score (nSPS) is 13.7. The first-order valence-electron chi connectivity index (χ1n) is 7.12. The molecule has 0 fully saturated rings. The van der Waals surface area contributed by atoms with Crippen molar-refractivity contribution in [1.82, 2.24) is 5.32 Å². The van der Waals surface area contributed by atoms with Crippen LogP contribution in [0.1, 0.15) is 21.5 Å². The van der Waals surface area contributed by atoms with Crippen molar-refractivity contribution in [3.63, 3.8) is 0 Å². The number of nitrogens with zero attached hydrogens (tertiary/aromatic N) is 1. The van der Waals surface area contributed by atoms with Gasteiger partial charge in [0.25, 0.3) is 5.91 Å². The molecule has 3 N–H and O–H groups in total. The molecule has 0 saturated heterocycles. The summed E-state index contributed by atoms with van der Waals surface area (Å²) in [7, 11) is 1.63. The van der Waals surface area contributed by atoms with Crippen LogP contribution in [0.25, 0.3) is 0 Å². The highest BCUT2D eigenvalue weighted by atomic mass is 16.1. The maximum Gasteiger partial charge on any atom is 0.251 e. The summed E-state index contributed by atoms with van der Waals surface area (Å²) in [5.41, 5.74) is 11.1. The van der Waals surface area contributed by atoms with Crippen molar-refractivity contribution < 1.29 is 4.79 Å². The van der Waals surface area contributed by atoms with Crippen LogP contribution in [0.5, 0.6) is 0 Å². The summed E-state index contributed by atoms with van der Waals surface area (Å²) in [6.07, 6.45) is 1.000. The zero-order valence-electron chi connectivity index (χ0n) is 12.1. The fourth-order valence-corrected chi connectivity index (χ4v) is 2.80. The van der Waals surface area contributed by atoms with E-state index in [2.05, 4.69) is 34.5 Å². The van der Waals surface area contributed by atoms with Crippen LogP contribution in [-0.2, 0) is 13.0 Å². The molecular formula is C17H19N3O. The number of nitrogens with one attached hydrogen (secondary N) is 1. The lowest BCUT2D eigenvalue weighted by atomic mass is 9.99. The van der Waals surface area contributed by atoms with Crippen molar-refractivity contribution in [2.45, 2.75) is 13.0 Å². The zero-order valence-corrected chi connectivity index (χ0v) is 12.1. The molecule has 108 valence electrons. The number of anilines is 2. The number of hydrogen-bond donors (Lipinski definition) is 2. The van der Waals surface area contributed by atoms with Crippen molar-refractivity contribution in [2.24, 2.45) is 0 Å². The van der Waals surface area contributed by atoms with Crippen LogP contribution in [0.3, 0.4) is 0 Å². The zero-order chi connectivity index (χ0) is 14.8. The Morgan fingerprint density at radius 3 is 2.71 bits per heavy atom. The van der Waals surface area contributed by atoms with E-state index in [1.807, 2.05) is 6.07 Å². The first-order valence-corrected chi connectivity index (χ1v) is 7.12. The van der Waals surface area contributed by atoms with Crippen LogP contribution in [0.15, 0.2) is 42.5 Å². The molecule has 2 aromatic rings. The van der Waals surface area contributed by atoms with Crippen molar-refractivity contribution in [2.75, 3.05) is 24.2 Å². The predicted octanol–water partition coefficient (Wildman–Crippen LogP) is 2.19. The van der Waals surface area contributed by atoms with Gasteiger partial charge in [-0.1, -0.05) is 24.3 Å². The second-order valence-corrected chi connectivity index (χ2v) is 5.29. The Hall–Kier alpha value is -2.49. The molecule has 0 atom stereocenters. The van der Waals surface area contributed by atoms with E-state index < -0.39 is 0 Å². The van der Waals surface area contributed by atoms with Gasteiger partial charge in [-0.15, -0.1) is 0 Å². The summed E-state index contributed by atoms with van der Waals surface area (Å²) >= 11 is 0. The van der Waals surface area contributed by atoms with Gasteiger partial charge in [-0.3, -0.25) is 4.79 Å². The summed E-state index contributed by atoms with van der Waals surface area (Å²) in [6, 6.07) is 13.9. The number of carbonyl (C=O) groups excluding carboxylic acids is 1. The molecule has 0 radical (unpaired) electrons. The highest BCUT2D eigenvalue weighted by molar-refractivity contribution is 5.96. The molecule has 0 saturated carbocycles. The number of hydrogen-bond acceptors (Lipinski definition) is 3. The maximum atomic E-state index is 11.8. The van der Waals surface area contributed by atoms with E-state index in [-0.39, 0.29) is 5.91 Å². The van der Waals surface area contributed by atoms with Gasteiger partial charge in [0.2, 0.25) is 0 Å². The molecule has 0 bridgehead atoms. The second-order valence-electron chi connectivity index (χ2n) is 5.29. The highest BCUT2D eigenvalue weighted by Gasteiger charge is 2.18. The Balaban J connectivity index is 1.93. The molecule has 0 aromatic heterocycles. The molecule has 2 aromatic carbocycles. The maximum absolute atomic E-state index is 11.8. The summed E-state index contributed by atoms with van der Waals surface area (Å²) < 4.78 is 0. The minimum atomic E-state index is -0.0892. The van der Waals surface area contributed by atoms with Crippen LogP contribution in [0.4, 0.5) is 11.4 Å². The molecule has 1 aliphatic rings. The number of amides is 1. The van der Waals surface area contributed by atoms with Gasteiger partial charge >= 0.3 is 0 Å². The molecular weight excluding hydrogens is 262 g/mol. The van der Waals surface area contributed by atoms with Crippen LogP contribution in [-0.4, -0.2) is 19.5 Å². The highest BCUT2D eigenvalue weighted by Crippen LogP contribution is 2.29. The topological polar surface area (TPSA) is 58.4 Å². The molecule has 4 heteroatoms. The molecule has 4 nitrogen and oxygen atoms in total. The Labute approximate surface area is 124 Å². The van der Waals surface area contributed by atoms with Crippen molar-refractivity contribution in [3.8, 4) is 0 Å². The lowest BCUT2D eigenvalue weighted by Gasteiger charge is -2.31. The Morgan fingerprint density at radius 2 is 1.95 bits per heavy atom. The Bertz CT molecular complexity index is 681. The van der Waals surface area contributed by atoms with Gasteiger partial charge in [-0.25, -0.2) is 0 Å². The summed E-state index contributed by atoms with van der Waals surface area (Å²) in [5.74, 6) is -0.0892. The smallest absolute Gasteiger partial charge is 0.251 e. The molecule has 0 aliphatic carbocycles. The molecule has 3 rings (SSSR count). The third kappa shape index (κ3) is 2.57. The first kappa shape index (κ1) is 13.5. The minimum Gasteiger partial charge on any atom is -0.397 e. The first-order chi connectivity index (χ1) is 10.2. The summed E-state index contributed by atoms with van der Waals surface area (Å²) in [6.45, 7) is 1.75. The summed E-state index contributed by atoms with van der Waals surface area (Å²) in [5, 5.41) is 2.65. The van der Waals surface area contributed by atoms with Gasteiger partial charge in [0.05, 0.1) is 11.4 Å².